The van der Waals surface area contributed by atoms with Crippen LogP contribution in [0.2, 0.25) is 0 Å². The molecule has 0 radical (unpaired) electrons. The minimum Gasteiger partial charge on any atom is -0.493 e. The van der Waals surface area contributed by atoms with E-state index in [0.717, 1.165) is 18.3 Å². The highest BCUT2D eigenvalue weighted by Gasteiger charge is 2.26. The molecule has 1 saturated carbocycles. The number of fused-ring (bicyclic) bond motifs is 1. The van der Waals surface area contributed by atoms with Crippen molar-refractivity contribution in [2.24, 2.45) is 11.7 Å². The summed E-state index contributed by atoms with van der Waals surface area (Å²) < 4.78 is 5.74. The van der Waals surface area contributed by atoms with Crippen molar-refractivity contribution < 1.29 is 4.74 Å². The van der Waals surface area contributed by atoms with Crippen LogP contribution in [0.4, 0.5) is 0 Å². The zero-order valence-electron chi connectivity index (χ0n) is 11.0. The number of ether oxygens (including phenoxy) is 1. The van der Waals surface area contributed by atoms with Crippen LogP contribution in [0.15, 0.2) is 24.3 Å². The van der Waals surface area contributed by atoms with Gasteiger partial charge in [-0.1, -0.05) is 31.0 Å². The summed E-state index contributed by atoms with van der Waals surface area (Å²) in [5, 5.41) is 0. The van der Waals surface area contributed by atoms with E-state index in [0.29, 0.717) is 12.0 Å². The molecule has 0 spiro atoms. The predicted octanol–water partition coefficient (Wildman–Crippen LogP) is 3.46. The molecule has 18 heavy (non-hydrogen) atoms. The van der Waals surface area contributed by atoms with Crippen molar-refractivity contribution in [3.63, 3.8) is 0 Å². The van der Waals surface area contributed by atoms with Crippen molar-refractivity contribution in [3.8, 4) is 5.75 Å². The van der Waals surface area contributed by atoms with Gasteiger partial charge < -0.3 is 10.5 Å². The lowest BCUT2D eigenvalue weighted by atomic mass is 9.77. The Labute approximate surface area is 110 Å². The normalized spacial score (nSPS) is 31.5. The van der Waals surface area contributed by atoms with Gasteiger partial charge in [0.2, 0.25) is 0 Å². The summed E-state index contributed by atoms with van der Waals surface area (Å²) in [5.74, 6) is 2.61. The van der Waals surface area contributed by atoms with E-state index in [1.807, 2.05) is 0 Å². The standard InChI is InChI=1S/C16H23NO/c17-14-5-3-4-12(11-14)10-13-8-9-18-16-7-2-1-6-15(13)16/h1-2,6-7,12-14H,3-5,8-11,17H2. The zero-order valence-corrected chi connectivity index (χ0v) is 11.0. The second kappa shape index (κ2) is 5.31. The third-order valence-electron chi connectivity index (χ3n) is 4.52. The second-order valence-electron chi connectivity index (χ2n) is 5.90. The van der Waals surface area contributed by atoms with Crippen molar-refractivity contribution in [1.82, 2.24) is 0 Å². The topological polar surface area (TPSA) is 35.2 Å². The van der Waals surface area contributed by atoms with Crippen molar-refractivity contribution in [2.75, 3.05) is 6.61 Å². The number of rotatable bonds is 2. The van der Waals surface area contributed by atoms with E-state index >= 15 is 0 Å². The van der Waals surface area contributed by atoms with Crippen LogP contribution in [0.25, 0.3) is 0 Å². The average molecular weight is 245 g/mol. The summed E-state index contributed by atoms with van der Waals surface area (Å²) in [5.41, 5.74) is 7.52. The van der Waals surface area contributed by atoms with Gasteiger partial charge in [0.15, 0.2) is 0 Å². The monoisotopic (exact) mass is 245 g/mol. The first kappa shape index (κ1) is 12.0. The summed E-state index contributed by atoms with van der Waals surface area (Å²) >= 11 is 0. The molecule has 2 aliphatic rings. The molecule has 0 amide bonds. The Bertz CT molecular complexity index is 404. The maximum atomic E-state index is 6.10. The number of para-hydroxylation sites is 1. The van der Waals surface area contributed by atoms with Crippen molar-refractivity contribution >= 4 is 0 Å². The fraction of sp³-hybridized carbons (Fsp3) is 0.625. The minimum atomic E-state index is 0.443. The van der Waals surface area contributed by atoms with E-state index in [2.05, 4.69) is 24.3 Å². The van der Waals surface area contributed by atoms with Gasteiger partial charge in [-0.2, -0.15) is 0 Å². The SMILES string of the molecule is NC1CCCC(CC2CCOc3ccccc32)C1. The Hall–Kier alpha value is -1.02. The van der Waals surface area contributed by atoms with Gasteiger partial charge in [0, 0.05) is 6.04 Å². The Morgan fingerprint density at radius 2 is 2.06 bits per heavy atom. The third kappa shape index (κ3) is 2.54. The molecule has 1 aliphatic heterocycles. The van der Waals surface area contributed by atoms with Gasteiger partial charge in [-0.25, -0.2) is 0 Å². The van der Waals surface area contributed by atoms with E-state index in [4.69, 9.17) is 10.5 Å². The van der Waals surface area contributed by atoms with Crippen LogP contribution in [-0.4, -0.2) is 12.6 Å². The molecule has 2 heteroatoms. The molecule has 3 atom stereocenters. The van der Waals surface area contributed by atoms with E-state index in [9.17, 15) is 0 Å². The average Bonchev–Trinajstić information content (AvgIpc) is 2.39. The molecule has 3 unspecified atom stereocenters. The van der Waals surface area contributed by atoms with Crippen LogP contribution in [0.3, 0.4) is 0 Å². The molecule has 2 nitrogen and oxygen atoms in total. The Kier molecular flexibility index (Phi) is 3.55. The van der Waals surface area contributed by atoms with Crippen LogP contribution in [0.5, 0.6) is 5.75 Å². The first-order chi connectivity index (χ1) is 8.83. The molecule has 1 aromatic rings. The fourth-order valence-corrected chi connectivity index (χ4v) is 3.61. The molecular formula is C16H23NO. The van der Waals surface area contributed by atoms with Crippen LogP contribution in [0, 0.1) is 5.92 Å². The quantitative estimate of drug-likeness (QED) is 0.866. The van der Waals surface area contributed by atoms with Crippen LogP contribution >= 0.6 is 0 Å². The molecular weight excluding hydrogens is 222 g/mol. The maximum Gasteiger partial charge on any atom is 0.122 e. The van der Waals surface area contributed by atoms with Crippen LogP contribution in [-0.2, 0) is 0 Å². The van der Waals surface area contributed by atoms with E-state index in [-0.39, 0.29) is 0 Å². The molecule has 1 aliphatic carbocycles. The molecule has 0 saturated heterocycles. The van der Waals surface area contributed by atoms with Crippen molar-refractivity contribution in [3.05, 3.63) is 29.8 Å². The first-order valence-corrected chi connectivity index (χ1v) is 7.30. The van der Waals surface area contributed by atoms with Crippen LogP contribution < -0.4 is 10.5 Å². The number of benzene rings is 1. The van der Waals surface area contributed by atoms with E-state index in [1.165, 1.54) is 44.1 Å². The maximum absolute atomic E-state index is 6.10. The minimum absolute atomic E-state index is 0.443. The van der Waals surface area contributed by atoms with Gasteiger partial charge in [-0.3, -0.25) is 0 Å². The molecule has 1 heterocycles. The van der Waals surface area contributed by atoms with Gasteiger partial charge in [0.1, 0.15) is 5.75 Å². The van der Waals surface area contributed by atoms with Gasteiger partial charge in [-0.05, 0) is 49.1 Å². The molecule has 3 rings (SSSR count). The summed E-state index contributed by atoms with van der Waals surface area (Å²) in [7, 11) is 0. The predicted molar refractivity (Wildman–Crippen MR) is 73.8 cm³/mol. The zero-order chi connectivity index (χ0) is 12.4. The van der Waals surface area contributed by atoms with E-state index in [1.54, 1.807) is 0 Å². The molecule has 0 aromatic heterocycles. The number of hydrogen-bond donors (Lipinski definition) is 1. The number of nitrogens with two attached hydrogens (primary N) is 1. The molecule has 98 valence electrons. The van der Waals surface area contributed by atoms with Crippen molar-refractivity contribution in [1.29, 1.82) is 0 Å². The van der Waals surface area contributed by atoms with Gasteiger partial charge in [0.05, 0.1) is 6.61 Å². The third-order valence-corrected chi connectivity index (χ3v) is 4.52. The Morgan fingerprint density at radius 1 is 1.17 bits per heavy atom. The molecule has 1 fully saturated rings. The highest BCUT2D eigenvalue weighted by Crippen LogP contribution is 2.40. The van der Waals surface area contributed by atoms with Crippen molar-refractivity contribution in [2.45, 2.75) is 50.5 Å². The summed E-state index contributed by atoms with van der Waals surface area (Å²) in [6.45, 7) is 0.875. The summed E-state index contributed by atoms with van der Waals surface area (Å²) in [6, 6.07) is 8.99. The second-order valence-corrected chi connectivity index (χ2v) is 5.90. The van der Waals surface area contributed by atoms with Gasteiger partial charge >= 0.3 is 0 Å². The lowest BCUT2D eigenvalue weighted by Gasteiger charge is -2.32. The summed E-state index contributed by atoms with van der Waals surface area (Å²) in [4.78, 5) is 0. The van der Waals surface area contributed by atoms with Crippen LogP contribution in [0.1, 0.15) is 50.0 Å². The first-order valence-electron chi connectivity index (χ1n) is 7.30. The summed E-state index contributed by atoms with van der Waals surface area (Å²) in [6.07, 6.45) is 7.60. The Morgan fingerprint density at radius 3 is 2.94 bits per heavy atom. The lowest BCUT2D eigenvalue weighted by molar-refractivity contribution is 0.230. The van der Waals surface area contributed by atoms with E-state index < -0.39 is 0 Å². The number of hydrogen-bond acceptors (Lipinski definition) is 2. The molecule has 1 aromatic carbocycles. The molecule has 0 bridgehead atoms. The Balaban J connectivity index is 1.70. The largest absolute Gasteiger partial charge is 0.493 e. The fourth-order valence-electron chi connectivity index (χ4n) is 3.61. The highest BCUT2D eigenvalue weighted by atomic mass is 16.5. The smallest absolute Gasteiger partial charge is 0.122 e. The lowest BCUT2D eigenvalue weighted by Crippen LogP contribution is -2.29. The van der Waals surface area contributed by atoms with Gasteiger partial charge in [-0.15, -0.1) is 0 Å². The highest BCUT2D eigenvalue weighted by molar-refractivity contribution is 5.37. The molecule has 2 N–H and O–H groups in total. The van der Waals surface area contributed by atoms with Gasteiger partial charge in [0.25, 0.3) is 0 Å².